The Morgan fingerprint density at radius 2 is 2.29 bits per heavy atom. The maximum absolute atomic E-state index is 12.0. The highest BCUT2D eigenvalue weighted by molar-refractivity contribution is 7.07. The maximum atomic E-state index is 12.0. The molecule has 2 rings (SSSR count). The fraction of sp³-hybridized carbons (Fsp3) is 0.200. The van der Waals surface area contributed by atoms with Gasteiger partial charge in [0.15, 0.2) is 6.61 Å². The van der Waals surface area contributed by atoms with E-state index in [4.69, 9.17) is 4.74 Å². The van der Waals surface area contributed by atoms with Gasteiger partial charge in [0.2, 0.25) is 6.41 Å². The Hall–Kier alpha value is -2.34. The molecule has 110 valence electrons. The fourth-order valence-corrected chi connectivity index (χ4v) is 2.40. The number of hydrogen-bond acceptors (Lipinski definition) is 4. The van der Waals surface area contributed by atoms with Gasteiger partial charge < -0.3 is 15.0 Å². The van der Waals surface area contributed by atoms with E-state index in [1.54, 1.807) is 47.5 Å². The predicted molar refractivity (Wildman–Crippen MR) is 82.4 cm³/mol. The number of carbonyl (C=O) groups is 2. The average Bonchev–Trinajstić information content (AvgIpc) is 2.98. The van der Waals surface area contributed by atoms with Gasteiger partial charge in [-0.2, -0.15) is 11.3 Å². The van der Waals surface area contributed by atoms with E-state index in [1.807, 2.05) is 16.8 Å². The first-order chi connectivity index (χ1) is 10.2. The van der Waals surface area contributed by atoms with Gasteiger partial charge in [0.05, 0.1) is 0 Å². The first kappa shape index (κ1) is 15.1. The lowest BCUT2D eigenvalue weighted by atomic mass is 10.3. The van der Waals surface area contributed by atoms with Gasteiger partial charge in [0, 0.05) is 25.3 Å². The number of nitrogens with zero attached hydrogens (tertiary/aromatic N) is 1. The third kappa shape index (κ3) is 4.61. The SMILES string of the molecule is CN(Cc1ccsc1)C(=O)COc1cccc(NC=O)c1. The number of nitrogens with one attached hydrogen (secondary N) is 1. The van der Waals surface area contributed by atoms with Gasteiger partial charge in [-0.3, -0.25) is 9.59 Å². The van der Waals surface area contributed by atoms with Crippen LogP contribution in [0.3, 0.4) is 0 Å². The zero-order valence-electron chi connectivity index (χ0n) is 11.6. The molecule has 0 bridgehead atoms. The highest BCUT2D eigenvalue weighted by Gasteiger charge is 2.10. The quantitative estimate of drug-likeness (QED) is 0.799. The minimum Gasteiger partial charge on any atom is -0.484 e. The molecule has 0 spiro atoms. The molecule has 0 aliphatic rings. The molecule has 2 amide bonds. The number of rotatable bonds is 7. The van der Waals surface area contributed by atoms with E-state index in [0.29, 0.717) is 24.4 Å². The van der Waals surface area contributed by atoms with Crippen molar-refractivity contribution in [2.75, 3.05) is 19.0 Å². The van der Waals surface area contributed by atoms with E-state index in [-0.39, 0.29) is 12.5 Å². The van der Waals surface area contributed by atoms with E-state index >= 15 is 0 Å². The summed E-state index contributed by atoms with van der Waals surface area (Å²) in [5.41, 5.74) is 1.73. The zero-order chi connectivity index (χ0) is 15.1. The first-order valence-electron chi connectivity index (χ1n) is 6.37. The number of hydrogen-bond donors (Lipinski definition) is 1. The minimum absolute atomic E-state index is 0.0365. The number of ether oxygens (including phenoxy) is 1. The topological polar surface area (TPSA) is 58.6 Å². The van der Waals surface area contributed by atoms with Crippen LogP contribution in [0.2, 0.25) is 0 Å². The summed E-state index contributed by atoms with van der Waals surface area (Å²) in [4.78, 5) is 24.0. The average molecular weight is 304 g/mol. The van der Waals surface area contributed by atoms with E-state index in [0.717, 1.165) is 5.56 Å². The largest absolute Gasteiger partial charge is 0.484 e. The first-order valence-corrected chi connectivity index (χ1v) is 7.31. The number of likely N-dealkylation sites (N-methyl/N-ethyl adjacent to an activating group) is 1. The van der Waals surface area contributed by atoms with Gasteiger partial charge in [-0.05, 0) is 34.5 Å². The Balaban J connectivity index is 1.85. The van der Waals surface area contributed by atoms with Crippen molar-refractivity contribution < 1.29 is 14.3 Å². The summed E-state index contributed by atoms with van der Waals surface area (Å²) >= 11 is 1.61. The van der Waals surface area contributed by atoms with Crippen LogP contribution in [0.15, 0.2) is 41.1 Å². The number of carbonyl (C=O) groups excluding carboxylic acids is 2. The lowest BCUT2D eigenvalue weighted by Gasteiger charge is -2.17. The van der Waals surface area contributed by atoms with Crippen molar-refractivity contribution >= 4 is 29.3 Å². The van der Waals surface area contributed by atoms with Crippen molar-refractivity contribution in [3.63, 3.8) is 0 Å². The number of benzene rings is 1. The van der Waals surface area contributed by atoms with E-state index in [9.17, 15) is 9.59 Å². The van der Waals surface area contributed by atoms with Gasteiger partial charge >= 0.3 is 0 Å². The second-order valence-electron chi connectivity index (χ2n) is 4.46. The summed E-state index contributed by atoms with van der Waals surface area (Å²) in [7, 11) is 1.74. The van der Waals surface area contributed by atoms with Crippen LogP contribution >= 0.6 is 11.3 Å². The Kier molecular flexibility index (Phi) is 5.34. The molecule has 0 unspecified atom stereocenters. The molecular formula is C15H16N2O3S. The van der Waals surface area contributed by atoms with Crippen molar-refractivity contribution in [1.29, 1.82) is 0 Å². The summed E-state index contributed by atoms with van der Waals surface area (Å²) in [6, 6.07) is 8.89. The van der Waals surface area contributed by atoms with Gasteiger partial charge in [-0.1, -0.05) is 6.07 Å². The molecular weight excluding hydrogens is 288 g/mol. The summed E-state index contributed by atoms with van der Waals surface area (Å²) in [6.07, 6.45) is 0.596. The third-order valence-electron chi connectivity index (χ3n) is 2.85. The van der Waals surface area contributed by atoms with Crippen LogP contribution in [0, 0.1) is 0 Å². The lowest BCUT2D eigenvalue weighted by molar-refractivity contribution is -0.132. The molecule has 0 atom stereocenters. The highest BCUT2D eigenvalue weighted by Crippen LogP contribution is 2.17. The Labute approximate surface area is 127 Å². The molecule has 21 heavy (non-hydrogen) atoms. The molecule has 1 aromatic heterocycles. The second-order valence-corrected chi connectivity index (χ2v) is 5.24. The molecule has 5 nitrogen and oxygen atoms in total. The van der Waals surface area contributed by atoms with Crippen LogP contribution in [-0.4, -0.2) is 30.9 Å². The maximum Gasteiger partial charge on any atom is 0.260 e. The molecule has 0 fully saturated rings. The standard InChI is InChI=1S/C15H16N2O3S/c1-17(8-12-5-6-21-10-12)15(19)9-20-14-4-2-3-13(7-14)16-11-18/h2-7,10-11H,8-9H2,1H3,(H,16,18). The van der Waals surface area contributed by atoms with Crippen LogP contribution in [-0.2, 0) is 16.1 Å². The molecule has 1 N–H and O–H groups in total. The fourth-order valence-electron chi connectivity index (χ4n) is 1.74. The van der Waals surface area contributed by atoms with Gasteiger partial charge in [-0.15, -0.1) is 0 Å². The third-order valence-corrected chi connectivity index (χ3v) is 3.58. The van der Waals surface area contributed by atoms with E-state index in [2.05, 4.69) is 5.32 Å². The Morgan fingerprint density at radius 3 is 3.00 bits per heavy atom. The number of thiophene rings is 1. The van der Waals surface area contributed by atoms with Gasteiger partial charge in [0.25, 0.3) is 5.91 Å². The second kappa shape index (κ2) is 7.44. The monoisotopic (exact) mass is 304 g/mol. The molecule has 2 aromatic rings. The minimum atomic E-state index is -0.102. The molecule has 6 heteroatoms. The van der Waals surface area contributed by atoms with Crippen molar-refractivity contribution in [3.05, 3.63) is 46.7 Å². The Bertz CT molecular complexity index is 599. The highest BCUT2D eigenvalue weighted by atomic mass is 32.1. The van der Waals surface area contributed by atoms with Crippen LogP contribution in [0.4, 0.5) is 5.69 Å². The zero-order valence-corrected chi connectivity index (χ0v) is 12.4. The van der Waals surface area contributed by atoms with Crippen molar-refractivity contribution in [3.8, 4) is 5.75 Å². The molecule has 0 aliphatic carbocycles. The van der Waals surface area contributed by atoms with E-state index < -0.39 is 0 Å². The molecule has 0 radical (unpaired) electrons. The molecule has 1 heterocycles. The van der Waals surface area contributed by atoms with Crippen LogP contribution in [0.1, 0.15) is 5.56 Å². The van der Waals surface area contributed by atoms with Crippen molar-refractivity contribution in [2.45, 2.75) is 6.54 Å². The summed E-state index contributed by atoms with van der Waals surface area (Å²) in [5, 5.41) is 6.53. The van der Waals surface area contributed by atoms with Crippen molar-refractivity contribution in [2.24, 2.45) is 0 Å². The number of amides is 2. The molecule has 1 aromatic carbocycles. The lowest BCUT2D eigenvalue weighted by Crippen LogP contribution is -2.30. The summed E-state index contributed by atoms with van der Waals surface area (Å²) in [6.45, 7) is 0.531. The predicted octanol–water partition coefficient (Wildman–Crippen LogP) is 2.35. The summed E-state index contributed by atoms with van der Waals surface area (Å²) in [5.74, 6) is 0.439. The normalized spacial score (nSPS) is 9.95. The summed E-state index contributed by atoms with van der Waals surface area (Å²) < 4.78 is 5.45. The van der Waals surface area contributed by atoms with Gasteiger partial charge in [-0.25, -0.2) is 0 Å². The van der Waals surface area contributed by atoms with Crippen LogP contribution in [0.5, 0.6) is 5.75 Å². The van der Waals surface area contributed by atoms with Crippen molar-refractivity contribution in [1.82, 2.24) is 4.90 Å². The van der Waals surface area contributed by atoms with Crippen LogP contribution in [0.25, 0.3) is 0 Å². The smallest absolute Gasteiger partial charge is 0.260 e. The van der Waals surface area contributed by atoms with Crippen LogP contribution < -0.4 is 10.1 Å². The van der Waals surface area contributed by atoms with E-state index in [1.165, 1.54) is 0 Å². The number of anilines is 1. The molecule has 0 saturated carbocycles. The molecule has 0 aliphatic heterocycles. The molecule has 0 saturated heterocycles. The van der Waals surface area contributed by atoms with Gasteiger partial charge in [0.1, 0.15) is 5.75 Å². The Morgan fingerprint density at radius 1 is 1.43 bits per heavy atom.